The quantitative estimate of drug-likeness (QED) is 0.859. The Bertz CT molecular complexity index is 904. The third-order valence-corrected chi connectivity index (χ3v) is 5.34. The molecule has 0 radical (unpaired) electrons. The fourth-order valence-electron chi connectivity index (χ4n) is 1.90. The third kappa shape index (κ3) is 3.98. The van der Waals surface area contributed by atoms with Crippen molar-refractivity contribution in [3.8, 4) is 0 Å². The molecule has 2 aromatic carbocycles. The van der Waals surface area contributed by atoms with Crippen LogP contribution in [0.1, 0.15) is 6.92 Å². The molecule has 0 saturated heterocycles. The second-order valence-corrected chi connectivity index (χ2v) is 7.42. The minimum absolute atomic E-state index is 0.0693. The van der Waals surface area contributed by atoms with Crippen LogP contribution in [0, 0.1) is 5.82 Å². The predicted octanol–water partition coefficient (Wildman–Crippen LogP) is 3.92. The van der Waals surface area contributed by atoms with Gasteiger partial charge in [-0.05, 0) is 30.3 Å². The van der Waals surface area contributed by atoms with Gasteiger partial charge in [-0.1, -0.05) is 23.2 Å². The van der Waals surface area contributed by atoms with Crippen molar-refractivity contribution in [1.82, 2.24) is 0 Å². The van der Waals surface area contributed by atoms with Crippen LogP contribution in [-0.4, -0.2) is 21.4 Å². The van der Waals surface area contributed by atoms with Crippen molar-refractivity contribution in [2.24, 2.45) is 0 Å². The monoisotopic (exact) mass is 390 g/mol. The second-order valence-electron chi connectivity index (χ2n) is 4.92. The number of carbonyl (C=O) groups excluding carboxylic acids is 1. The Morgan fingerprint density at radius 3 is 2.38 bits per heavy atom. The minimum atomic E-state index is -4.05. The highest BCUT2D eigenvalue weighted by Gasteiger charge is 2.20. The summed E-state index contributed by atoms with van der Waals surface area (Å²) >= 11 is 11.6. The molecule has 0 aliphatic carbocycles. The average molecular weight is 391 g/mol. The van der Waals surface area contributed by atoms with Gasteiger partial charge in [0, 0.05) is 20.0 Å². The number of hydrogen-bond acceptors (Lipinski definition) is 3. The molecule has 5 nitrogen and oxygen atoms in total. The van der Waals surface area contributed by atoms with Crippen LogP contribution in [0.25, 0.3) is 0 Å². The van der Waals surface area contributed by atoms with E-state index in [1.54, 1.807) is 0 Å². The van der Waals surface area contributed by atoms with Crippen LogP contribution < -0.4 is 9.62 Å². The van der Waals surface area contributed by atoms with Gasteiger partial charge in [0.1, 0.15) is 5.82 Å². The molecule has 128 valence electrons. The van der Waals surface area contributed by atoms with Crippen molar-refractivity contribution in [2.45, 2.75) is 11.8 Å². The molecule has 0 atom stereocenters. The molecule has 0 aliphatic rings. The van der Waals surface area contributed by atoms with Crippen LogP contribution in [0.3, 0.4) is 0 Å². The summed E-state index contributed by atoms with van der Waals surface area (Å²) in [5.41, 5.74) is 0.145. The van der Waals surface area contributed by atoms with Crippen LogP contribution in [0.5, 0.6) is 0 Å². The third-order valence-electron chi connectivity index (χ3n) is 3.24. The molecular formula is C15H13Cl2FN2O3S. The zero-order valence-corrected chi connectivity index (χ0v) is 15.0. The zero-order valence-electron chi connectivity index (χ0n) is 12.7. The molecule has 2 aromatic rings. The highest BCUT2D eigenvalue weighted by molar-refractivity contribution is 7.92. The average Bonchev–Trinajstić information content (AvgIpc) is 2.49. The largest absolute Gasteiger partial charge is 0.314 e. The van der Waals surface area contributed by atoms with Gasteiger partial charge in [0.2, 0.25) is 5.91 Å². The first kappa shape index (κ1) is 18.5. The van der Waals surface area contributed by atoms with Crippen molar-refractivity contribution in [3.05, 3.63) is 52.3 Å². The number of carbonyl (C=O) groups is 1. The lowest BCUT2D eigenvalue weighted by Crippen LogP contribution is -2.25. The number of halogens is 3. The van der Waals surface area contributed by atoms with E-state index in [-0.39, 0.29) is 32.2 Å². The lowest BCUT2D eigenvalue weighted by Gasteiger charge is -2.20. The van der Waals surface area contributed by atoms with Crippen LogP contribution in [0.15, 0.2) is 41.3 Å². The van der Waals surface area contributed by atoms with Crippen molar-refractivity contribution in [2.75, 3.05) is 16.7 Å². The van der Waals surface area contributed by atoms with Gasteiger partial charge in [-0.15, -0.1) is 0 Å². The molecule has 1 amide bonds. The molecular weight excluding hydrogens is 378 g/mol. The highest BCUT2D eigenvalue weighted by atomic mass is 35.5. The van der Waals surface area contributed by atoms with E-state index in [2.05, 4.69) is 4.72 Å². The molecule has 0 heterocycles. The first-order chi connectivity index (χ1) is 11.1. The molecule has 0 bridgehead atoms. The van der Waals surface area contributed by atoms with Gasteiger partial charge in [0.15, 0.2) is 0 Å². The zero-order chi connectivity index (χ0) is 18.1. The molecule has 9 heteroatoms. The molecule has 0 aliphatic heterocycles. The van der Waals surface area contributed by atoms with E-state index < -0.39 is 15.8 Å². The van der Waals surface area contributed by atoms with Crippen LogP contribution in [0.2, 0.25) is 10.0 Å². The number of nitrogens with one attached hydrogen (secondary N) is 1. The summed E-state index contributed by atoms with van der Waals surface area (Å²) in [5.74, 6) is -0.987. The molecule has 0 saturated carbocycles. The number of rotatable bonds is 4. The number of nitrogens with zero attached hydrogens (tertiary/aromatic N) is 1. The standard InChI is InChI=1S/C15H13Cl2FN2O3S/c1-9(21)20(2)15-6-3-10(18)7-14(15)19-24(22,23)11-4-5-12(16)13(17)8-11/h3-8,19H,1-2H3. The molecule has 0 spiro atoms. The normalized spacial score (nSPS) is 11.2. The van der Waals surface area contributed by atoms with Crippen molar-refractivity contribution >= 4 is 50.5 Å². The topological polar surface area (TPSA) is 66.5 Å². The maximum absolute atomic E-state index is 13.5. The summed E-state index contributed by atoms with van der Waals surface area (Å²) in [5, 5.41) is 0.276. The Morgan fingerprint density at radius 1 is 1.12 bits per heavy atom. The van der Waals surface area contributed by atoms with E-state index in [1.165, 1.54) is 43.1 Å². The number of hydrogen-bond donors (Lipinski definition) is 1. The van der Waals surface area contributed by atoms with Gasteiger partial charge in [-0.3, -0.25) is 9.52 Å². The van der Waals surface area contributed by atoms with E-state index in [1.807, 2.05) is 0 Å². The van der Waals surface area contributed by atoms with E-state index in [0.717, 1.165) is 12.1 Å². The Hall–Kier alpha value is -1.83. The first-order valence-corrected chi connectivity index (χ1v) is 8.87. The highest BCUT2D eigenvalue weighted by Crippen LogP contribution is 2.30. The molecule has 0 fully saturated rings. The van der Waals surface area contributed by atoms with Gasteiger partial charge < -0.3 is 4.90 Å². The first-order valence-electron chi connectivity index (χ1n) is 6.63. The summed E-state index contributed by atoms with van der Waals surface area (Å²) < 4.78 is 40.8. The Labute approximate surface area is 149 Å². The number of benzene rings is 2. The Kier molecular flexibility index (Phi) is 5.37. The molecule has 24 heavy (non-hydrogen) atoms. The van der Waals surface area contributed by atoms with E-state index in [4.69, 9.17) is 23.2 Å². The van der Waals surface area contributed by atoms with Gasteiger partial charge in [0.05, 0.1) is 26.3 Å². The van der Waals surface area contributed by atoms with Crippen molar-refractivity contribution < 1.29 is 17.6 Å². The predicted molar refractivity (Wildman–Crippen MR) is 92.8 cm³/mol. The summed E-state index contributed by atoms with van der Waals surface area (Å²) in [6, 6.07) is 7.22. The molecule has 2 rings (SSSR count). The summed E-state index contributed by atoms with van der Waals surface area (Å²) in [4.78, 5) is 12.6. The van der Waals surface area contributed by atoms with Gasteiger partial charge in [-0.2, -0.15) is 0 Å². The van der Waals surface area contributed by atoms with Gasteiger partial charge >= 0.3 is 0 Å². The second kappa shape index (κ2) is 6.96. The fourth-order valence-corrected chi connectivity index (χ4v) is 3.35. The summed E-state index contributed by atoms with van der Waals surface area (Å²) in [6.45, 7) is 1.31. The number of anilines is 2. The van der Waals surface area contributed by atoms with Crippen molar-refractivity contribution in [3.63, 3.8) is 0 Å². The fraction of sp³-hybridized carbons (Fsp3) is 0.133. The molecule has 0 aromatic heterocycles. The number of sulfonamides is 1. The van der Waals surface area contributed by atoms with Crippen LogP contribution in [0.4, 0.5) is 15.8 Å². The maximum Gasteiger partial charge on any atom is 0.262 e. The summed E-state index contributed by atoms with van der Waals surface area (Å²) in [6.07, 6.45) is 0. The minimum Gasteiger partial charge on any atom is -0.314 e. The SMILES string of the molecule is CC(=O)N(C)c1ccc(F)cc1NS(=O)(=O)c1ccc(Cl)c(Cl)c1. The Morgan fingerprint density at radius 2 is 1.79 bits per heavy atom. The smallest absolute Gasteiger partial charge is 0.262 e. The Balaban J connectivity index is 2.47. The van der Waals surface area contributed by atoms with Crippen molar-refractivity contribution in [1.29, 1.82) is 0 Å². The van der Waals surface area contributed by atoms with E-state index in [9.17, 15) is 17.6 Å². The lowest BCUT2D eigenvalue weighted by molar-refractivity contribution is -0.116. The van der Waals surface area contributed by atoms with Crippen LogP contribution in [-0.2, 0) is 14.8 Å². The van der Waals surface area contributed by atoms with Crippen LogP contribution >= 0.6 is 23.2 Å². The van der Waals surface area contributed by atoms with E-state index in [0.29, 0.717) is 0 Å². The summed E-state index contributed by atoms with van der Waals surface area (Å²) in [7, 11) is -2.60. The van der Waals surface area contributed by atoms with Gasteiger partial charge in [-0.25, -0.2) is 12.8 Å². The number of amides is 1. The van der Waals surface area contributed by atoms with Gasteiger partial charge in [0.25, 0.3) is 10.0 Å². The lowest BCUT2D eigenvalue weighted by atomic mass is 10.2. The maximum atomic E-state index is 13.5. The molecule has 1 N–H and O–H groups in total. The molecule has 0 unspecified atom stereocenters. The van der Waals surface area contributed by atoms with E-state index >= 15 is 0 Å².